The summed E-state index contributed by atoms with van der Waals surface area (Å²) in [5, 5.41) is 0. The third kappa shape index (κ3) is 2.59. The summed E-state index contributed by atoms with van der Waals surface area (Å²) in [7, 11) is 1.62. The first-order chi connectivity index (χ1) is 12.8. The lowest BCUT2D eigenvalue weighted by Gasteiger charge is -2.30. The van der Waals surface area contributed by atoms with E-state index in [2.05, 4.69) is 19.8 Å². The number of rotatable bonds is 3. The van der Waals surface area contributed by atoms with Gasteiger partial charge in [0.25, 0.3) is 6.01 Å². The van der Waals surface area contributed by atoms with Crippen LogP contribution in [-0.2, 0) is 0 Å². The Bertz CT molecular complexity index is 933. The number of methoxy groups -OCH3 is 1. The number of piperidine rings is 1. The van der Waals surface area contributed by atoms with E-state index in [9.17, 15) is 0 Å². The fraction of sp³-hybridized carbons (Fsp3) is 0.421. The summed E-state index contributed by atoms with van der Waals surface area (Å²) in [6, 6.07) is 7.06. The molecule has 134 valence electrons. The molecule has 3 aromatic heterocycles. The Morgan fingerprint density at radius 2 is 2.04 bits per heavy atom. The average Bonchev–Trinajstić information content (AvgIpc) is 2.88. The second-order valence-electron chi connectivity index (χ2n) is 6.87. The average molecular weight is 351 g/mol. The molecule has 3 aliphatic heterocycles. The minimum Gasteiger partial charge on any atom is -0.481 e. The van der Waals surface area contributed by atoms with Crippen LogP contribution in [0.2, 0.25) is 0 Å². The first kappa shape index (κ1) is 15.6. The number of hydrogen-bond acceptors (Lipinski definition) is 7. The second kappa shape index (κ2) is 6.25. The molecular formula is C19H21N5O2. The van der Waals surface area contributed by atoms with E-state index in [1.54, 1.807) is 19.5 Å². The van der Waals surface area contributed by atoms with Crippen molar-refractivity contribution in [2.75, 3.05) is 38.2 Å². The summed E-state index contributed by atoms with van der Waals surface area (Å²) >= 11 is 0. The lowest BCUT2D eigenvalue weighted by atomic mass is 10.1. The molecule has 0 radical (unpaired) electrons. The highest BCUT2D eigenvalue weighted by Gasteiger charge is 2.31. The van der Waals surface area contributed by atoms with Crippen LogP contribution in [0.5, 0.6) is 5.88 Å². The molecule has 0 aromatic carbocycles. The number of ether oxygens (including phenoxy) is 1. The maximum absolute atomic E-state index is 6.00. The Labute approximate surface area is 151 Å². The molecule has 0 unspecified atom stereocenters. The van der Waals surface area contributed by atoms with E-state index in [1.807, 2.05) is 18.2 Å². The molecule has 0 atom stereocenters. The number of nitrogens with zero attached hydrogens (tertiary/aromatic N) is 5. The van der Waals surface area contributed by atoms with E-state index in [0.29, 0.717) is 23.6 Å². The summed E-state index contributed by atoms with van der Waals surface area (Å²) < 4.78 is 11.4. The topological polar surface area (TPSA) is 67.5 Å². The van der Waals surface area contributed by atoms with Crippen LogP contribution in [0.15, 0.2) is 35.0 Å². The lowest BCUT2D eigenvalue weighted by molar-refractivity contribution is 0.249. The van der Waals surface area contributed by atoms with E-state index in [-0.39, 0.29) is 0 Å². The number of pyridine rings is 2. The van der Waals surface area contributed by atoms with Gasteiger partial charge >= 0.3 is 0 Å². The van der Waals surface area contributed by atoms with E-state index >= 15 is 0 Å². The van der Waals surface area contributed by atoms with Crippen molar-refractivity contribution in [3.63, 3.8) is 0 Å². The van der Waals surface area contributed by atoms with Gasteiger partial charge in [-0.25, -0.2) is 9.97 Å². The number of fused-ring (bicyclic) bond motifs is 5. The molecule has 6 rings (SSSR count). The molecule has 7 heteroatoms. The van der Waals surface area contributed by atoms with Gasteiger partial charge in [-0.1, -0.05) is 0 Å². The molecule has 2 bridgehead atoms. The van der Waals surface area contributed by atoms with Crippen LogP contribution in [0.25, 0.3) is 22.4 Å². The molecule has 0 spiro atoms. The quantitative estimate of drug-likeness (QED) is 0.718. The van der Waals surface area contributed by atoms with Gasteiger partial charge in [-0.05, 0) is 31.0 Å². The molecular weight excluding hydrogens is 330 g/mol. The van der Waals surface area contributed by atoms with E-state index < -0.39 is 0 Å². The Morgan fingerprint density at radius 1 is 1.15 bits per heavy atom. The molecule has 3 fully saturated rings. The third-order valence-electron chi connectivity index (χ3n) is 5.41. The predicted octanol–water partition coefficient (Wildman–Crippen LogP) is 2.58. The molecule has 0 saturated carbocycles. The van der Waals surface area contributed by atoms with Gasteiger partial charge in [-0.15, -0.1) is 0 Å². The van der Waals surface area contributed by atoms with Crippen LogP contribution in [0, 0.1) is 0 Å². The van der Waals surface area contributed by atoms with E-state index in [0.717, 1.165) is 29.7 Å². The zero-order chi connectivity index (χ0) is 17.5. The normalized spacial score (nSPS) is 22.6. The van der Waals surface area contributed by atoms with Crippen LogP contribution in [0.1, 0.15) is 12.8 Å². The van der Waals surface area contributed by atoms with Crippen molar-refractivity contribution in [2.45, 2.75) is 18.9 Å². The fourth-order valence-electron chi connectivity index (χ4n) is 3.99. The maximum Gasteiger partial charge on any atom is 0.300 e. The summed E-state index contributed by atoms with van der Waals surface area (Å²) in [5.41, 5.74) is 3.16. The van der Waals surface area contributed by atoms with Crippen molar-refractivity contribution in [3.05, 3.63) is 30.6 Å². The highest BCUT2D eigenvalue weighted by Crippen LogP contribution is 2.32. The highest BCUT2D eigenvalue weighted by molar-refractivity contribution is 5.79. The number of anilines is 1. The Kier molecular flexibility index (Phi) is 3.74. The van der Waals surface area contributed by atoms with Gasteiger partial charge in [0.05, 0.1) is 7.11 Å². The number of hydrogen-bond donors (Lipinski definition) is 0. The van der Waals surface area contributed by atoms with Gasteiger partial charge in [0.2, 0.25) is 11.6 Å². The first-order valence-electron chi connectivity index (χ1n) is 9.07. The lowest BCUT2D eigenvalue weighted by Crippen LogP contribution is -2.38. The number of aromatic nitrogens is 3. The molecule has 3 saturated heterocycles. The monoisotopic (exact) mass is 351 g/mol. The minimum atomic E-state index is 0.514. The van der Waals surface area contributed by atoms with Gasteiger partial charge in [-0.3, -0.25) is 0 Å². The van der Waals surface area contributed by atoms with Crippen LogP contribution < -0.4 is 9.64 Å². The molecule has 7 nitrogen and oxygen atoms in total. The van der Waals surface area contributed by atoms with Crippen LogP contribution in [0.3, 0.4) is 0 Å². The van der Waals surface area contributed by atoms with Crippen LogP contribution in [-0.4, -0.2) is 59.2 Å². The minimum absolute atomic E-state index is 0.514. The van der Waals surface area contributed by atoms with Crippen LogP contribution >= 0.6 is 0 Å². The summed E-state index contributed by atoms with van der Waals surface area (Å²) in [4.78, 5) is 18.3. The molecule has 26 heavy (non-hydrogen) atoms. The van der Waals surface area contributed by atoms with E-state index in [4.69, 9.17) is 14.1 Å². The van der Waals surface area contributed by atoms with Crippen molar-refractivity contribution in [3.8, 4) is 17.0 Å². The van der Waals surface area contributed by atoms with Gasteiger partial charge in [-0.2, -0.15) is 4.98 Å². The summed E-state index contributed by atoms with van der Waals surface area (Å²) in [6.07, 6.45) is 5.85. The van der Waals surface area contributed by atoms with Crippen molar-refractivity contribution in [1.82, 2.24) is 19.9 Å². The van der Waals surface area contributed by atoms with Crippen molar-refractivity contribution in [1.29, 1.82) is 0 Å². The van der Waals surface area contributed by atoms with E-state index in [1.165, 1.54) is 25.9 Å². The molecule has 0 N–H and O–H groups in total. The molecule has 3 aromatic rings. The SMILES string of the molecule is COc1ncccc1-c1cnc2oc(N3CCN4CCC3CC4)nc2c1. The standard InChI is InChI=1S/C19H21N5O2/c1-25-17-15(3-2-6-20-17)13-11-16-18(21-12-13)26-19(22-16)24-10-9-23-7-4-14(24)5-8-23/h2-3,6,11-12,14H,4-5,7-10H2,1H3. The largest absolute Gasteiger partial charge is 0.481 e. The summed E-state index contributed by atoms with van der Waals surface area (Å²) in [5.74, 6) is 0.580. The maximum atomic E-state index is 6.00. The third-order valence-corrected chi connectivity index (χ3v) is 5.41. The van der Waals surface area contributed by atoms with Crippen molar-refractivity contribution >= 4 is 17.2 Å². The zero-order valence-corrected chi connectivity index (χ0v) is 14.8. The molecule has 6 heterocycles. The molecule has 0 aliphatic carbocycles. The van der Waals surface area contributed by atoms with Crippen molar-refractivity contribution in [2.24, 2.45) is 0 Å². The fourth-order valence-corrected chi connectivity index (χ4v) is 3.99. The van der Waals surface area contributed by atoms with Crippen molar-refractivity contribution < 1.29 is 9.15 Å². The van der Waals surface area contributed by atoms with Gasteiger partial charge < -0.3 is 19.0 Å². The van der Waals surface area contributed by atoms with Gasteiger partial charge in [0.15, 0.2) is 0 Å². The van der Waals surface area contributed by atoms with Gasteiger partial charge in [0.1, 0.15) is 5.52 Å². The Morgan fingerprint density at radius 3 is 2.88 bits per heavy atom. The second-order valence-corrected chi connectivity index (χ2v) is 6.87. The van der Waals surface area contributed by atoms with Crippen LogP contribution in [0.4, 0.5) is 6.01 Å². The zero-order valence-electron chi connectivity index (χ0n) is 14.8. The first-order valence-corrected chi connectivity index (χ1v) is 9.07. The van der Waals surface area contributed by atoms with Gasteiger partial charge in [0, 0.05) is 55.7 Å². The molecule has 3 aliphatic rings. The Balaban J connectivity index is 1.52. The number of oxazole rings is 1. The Hall–Kier alpha value is -2.67. The predicted molar refractivity (Wildman–Crippen MR) is 98.4 cm³/mol. The highest BCUT2D eigenvalue weighted by atomic mass is 16.5. The summed E-state index contributed by atoms with van der Waals surface area (Å²) in [6.45, 7) is 4.37. The molecule has 0 amide bonds. The smallest absolute Gasteiger partial charge is 0.300 e.